The molecule has 0 unspecified atom stereocenters. The number of nitrogens with zero attached hydrogens (tertiary/aromatic N) is 1. The molecule has 1 N–H and O–H groups in total. The van der Waals surface area contributed by atoms with Gasteiger partial charge in [-0.3, -0.25) is 9.78 Å². The number of carbonyl (C=O) groups is 1. The molecule has 2 heterocycles. The first-order valence-corrected chi connectivity index (χ1v) is 10.4. The summed E-state index contributed by atoms with van der Waals surface area (Å²) in [6.45, 7) is 5.70. The zero-order valence-corrected chi connectivity index (χ0v) is 17.2. The number of aryl methyl sites for hydroxylation is 1. The number of fused-ring (bicyclic) bond motifs is 1. The Bertz CT molecular complexity index is 1010. The van der Waals surface area contributed by atoms with Gasteiger partial charge in [0.15, 0.2) is 0 Å². The molecule has 0 saturated carbocycles. The number of aromatic nitrogens is 1. The average Bonchev–Trinajstić information content (AvgIpc) is 2.74. The highest BCUT2D eigenvalue weighted by molar-refractivity contribution is 5.96. The SMILES string of the molecule is Cc1ccccc1C(=O)N[C@@H](C)c1cc(CC2CCOCC2)nc2ccccc12. The molecule has 1 saturated heterocycles. The topological polar surface area (TPSA) is 51.2 Å². The Morgan fingerprint density at radius 1 is 1.14 bits per heavy atom. The lowest BCUT2D eigenvalue weighted by molar-refractivity contribution is 0.0663. The number of amides is 1. The first-order chi connectivity index (χ1) is 14.1. The predicted octanol–water partition coefficient (Wildman–Crippen LogP) is 5.00. The molecule has 1 aromatic heterocycles. The van der Waals surface area contributed by atoms with Gasteiger partial charge in [0.25, 0.3) is 5.91 Å². The van der Waals surface area contributed by atoms with Gasteiger partial charge >= 0.3 is 0 Å². The summed E-state index contributed by atoms with van der Waals surface area (Å²) < 4.78 is 5.50. The van der Waals surface area contributed by atoms with Gasteiger partial charge in [-0.15, -0.1) is 0 Å². The van der Waals surface area contributed by atoms with Gasteiger partial charge in [-0.25, -0.2) is 0 Å². The van der Waals surface area contributed by atoms with E-state index in [0.717, 1.165) is 65.8 Å². The summed E-state index contributed by atoms with van der Waals surface area (Å²) in [6, 6.07) is 18.0. The van der Waals surface area contributed by atoms with Crippen LogP contribution in [0, 0.1) is 12.8 Å². The number of para-hydroxylation sites is 1. The Kier molecular flexibility index (Phi) is 5.91. The largest absolute Gasteiger partial charge is 0.381 e. The molecule has 4 rings (SSSR count). The van der Waals surface area contributed by atoms with Crippen LogP contribution in [0.1, 0.15) is 53.0 Å². The van der Waals surface area contributed by atoms with Crippen molar-refractivity contribution in [2.24, 2.45) is 5.92 Å². The normalized spacial score (nSPS) is 15.9. The van der Waals surface area contributed by atoms with Crippen molar-refractivity contribution in [3.8, 4) is 0 Å². The molecule has 2 aromatic carbocycles. The highest BCUT2D eigenvalue weighted by atomic mass is 16.5. The third kappa shape index (κ3) is 4.48. The van der Waals surface area contributed by atoms with Crippen LogP contribution in [0.25, 0.3) is 10.9 Å². The number of carbonyl (C=O) groups excluding carboxylic acids is 1. The van der Waals surface area contributed by atoms with Crippen LogP contribution in [0.4, 0.5) is 0 Å². The van der Waals surface area contributed by atoms with E-state index in [0.29, 0.717) is 5.92 Å². The molecular weight excluding hydrogens is 360 g/mol. The summed E-state index contributed by atoms with van der Waals surface area (Å²) in [4.78, 5) is 17.8. The molecule has 1 aliphatic rings. The van der Waals surface area contributed by atoms with Gasteiger partial charge in [0.2, 0.25) is 0 Å². The zero-order valence-electron chi connectivity index (χ0n) is 17.2. The van der Waals surface area contributed by atoms with Crippen molar-refractivity contribution >= 4 is 16.8 Å². The fourth-order valence-electron chi connectivity index (χ4n) is 4.15. The predicted molar refractivity (Wildman–Crippen MR) is 116 cm³/mol. The molecular formula is C25H28N2O2. The van der Waals surface area contributed by atoms with Crippen molar-refractivity contribution < 1.29 is 9.53 Å². The zero-order chi connectivity index (χ0) is 20.2. The van der Waals surface area contributed by atoms with E-state index in [1.807, 2.05) is 43.3 Å². The lowest BCUT2D eigenvalue weighted by Crippen LogP contribution is -2.27. The molecule has 3 aromatic rings. The number of rotatable bonds is 5. The van der Waals surface area contributed by atoms with Crippen LogP contribution in [0.3, 0.4) is 0 Å². The number of pyridine rings is 1. The Labute approximate surface area is 172 Å². The fourth-order valence-corrected chi connectivity index (χ4v) is 4.15. The van der Waals surface area contributed by atoms with E-state index in [2.05, 4.69) is 30.4 Å². The van der Waals surface area contributed by atoms with Crippen molar-refractivity contribution in [1.29, 1.82) is 0 Å². The van der Waals surface area contributed by atoms with E-state index in [1.54, 1.807) is 0 Å². The van der Waals surface area contributed by atoms with E-state index in [1.165, 1.54) is 0 Å². The minimum Gasteiger partial charge on any atom is -0.381 e. The van der Waals surface area contributed by atoms with Gasteiger partial charge in [0.05, 0.1) is 11.6 Å². The van der Waals surface area contributed by atoms with Crippen molar-refractivity contribution in [2.45, 2.75) is 39.2 Å². The van der Waals surface area contributed by atoms with Crippen molar-refractivity contribution in [2.75, 3.05) is 13.2 Å². The van der Waals surface area contributed by atoms with Gasteiger partial charge in [-0.1, -0.05) is 36.4 Å². The molecule has 1 aliphatic heterocycles. The summed E-state index contributed by atoms with van der Waals surface area (Å²) in [6.07, 6.45) is 3.13. The Morgan fingerprint density at radius 2 is 1.86 bits per heavy atom. The molecule has 29 heavy (non-hydrogen) atoms. The summed E-state index contributed by atoms with van der Waals surface area (Å²) in [5, 5.41) is 4.29. The molecule has 0 spiro atoms. The quantitative estimate of drug-likeness (QED) is 0.669. The molecule has 4 nitrogen and oxygen atoms in total. The lowest BCUT2D eigenvalue weighted by Gasteiger charge is -2.23. The second-order valence-electron chi connectivity index (χ2n) is 7.99. The maximum absolute atomic E-state index is 12.8. The van der Waals surface area contributed by atoms with Crippen LogP contribution in [0.15, 0.2) is 54.6 Å². The van der Waals surface area contributed by atoms with E-state index in [9.17, 15) is 4.79 Å². The molecule has 1 atom stereocenters. The van der Waals surface area contributed by atoms with Gasteiger partial charge in [0.1, 0.15) is 0 Å². The second kappa shape index (κ2) is 8.75. The van der Waals surface area contributed by atoms with Gasteiger partial charge < -0.3 is 10.1 Å². The standard InChI is InChI=1S/C25H28N2O2/c1-17-7-3-4-8-21(17)25(28)26-18(2)23-16-20(15-19-11-13-29-14-12-19)27-24-10-6-5-9-22(23)24/h3-10,16,18-19H,11-15H2,1-2H3,(H,26,28)/t18-/m0/s1. The van der Waals surface area contributed by atoms with E-state index in [-0.39, 0.29) is 11.9 Å². The minimum absolute atomic E-state index is 0.0394. The Morgan fingerprint density at radius 3 is 2.66 bits per heavy atom. The Balaban J connectivity index is 1.62. The van der Waals surface area contributed by atoms with Crippen LogP contribution in [0.5, 0.6) is 0 Å². The number of hydrogen-bond acceptors (Lipinski definition) is 3. The number of benzene rings is 2. The molecule has 0 aliphatic carbocycles. The summed E-state index contributed by atoms with van der Waals surface area (Å²) in [7, 11) is 0. The smallest absolute Gasteiger partial charge is 0.252 e. The first-order valence-electron chi connectivity index (χ1n) is 10.4. The van der Waals surface area contributed by atoms with Crippen LogP contribution < -0.4 is 5.32 Å². The van der Waals surface area contributed by atoms with E-state index >= 15 is 0 Å². The van der Waals surface area contributed by atoms with Crippen molar-refractivity contribution in [3.05, 3.63) is 77.0 Å². The summed E-state index contributed by atoms with van der Waals surface area (Å²) >= 11 is 0. The van der Waals surface area contributed by atoms with Crippen molar-refractivity contribution in [1.82, 2.24) is 10.3 Å². The molecule has 1 fully saturated rings. The lowest BCUT2D eigenvalue weighted by atomic mass is 9.92. The third-order valence-electron chi connectivity index (χ3n) is 5.84. The maximum atomic E-state index is 12.8. The second-order valence-corrected chi connectivity index (χ2v) is 7.99. The van der Waals surface area contributed by atoms with Crippen LogP contribution in [-0.4, -0.2) is 24.1 Å². The number of ether oxygens (including phenoxy) is 1. The van der Waals surface area contributed by atoms with Gasteiger partial charge in [-0.2, -0.15) is 0 Å². The minimum atomic E-state index is -0.108. The maximum Gasteiger partial charge on any atom is 0.252 e. The van der Waals surface area contributed by atoms with Crippen LogP contribution in [0.2, 0.25) is 0 Å². The van der Waals surface area contributed by atoms with E-state index < -0.39 is 0 Å². The van der Waals surface area contributed by atoms with E-state index in [4.69, 9.17) is 9.72 Å². The van der Waals surface area contributed by atoms with Gasteiger partial charge in [0, 0.05) is 29.9 Å². The molecule has 1 amide bonds. The number of hydrogen-bond donors (Lipinski definition) is 1. The molecule has 0 radical (unpaired) electrons. The summed E-state index contributed by atoms with van der Waals surface area (Å²) in [5.41, 5.74) is 4.92. The van der Waals surface area contributed by atoms with Gasteiger partial charge in [-0.05, 0) is 68.4 Å². The van der Waals surface area contributed by atoms with Crippen LogP contribution >= 0.6 is 0 Å². The first kappa shape index (κ1) is 19.6. The average molecular weight is 389 g/mol. The molecule has 4 heteroatoms. The Hall–Kier alpha value is -2.72. The van der Waals surface area contributed by atoms with Crippen LogP contribution in [-0.2, 0) is 11.2 Å². The highest BCUT2D eigenvalue weighted by Gasteiger charge is 2.19. The van der Waals surface area contributed by atoms with Crippen molar-refractivity contribution in [3.63, 3.8) is 0 Å². The monoisotopic (exact) mass is 388 g/mol. The number of nitrogens with one attached hydrogen (secondary N) is 1. The highest BCUT2D eigenvalue weighted by Crippen LogP contribution is 2.27. The third-order valence-corrected chi connectivity index (χ3v) is 5.84. The molecule has 150 valence electrons. The fraction of sp³-hybridized carbons (Fsp3) is 0.360. The molecule has 0 bridgehead atoms. The summed E-state index contributed by atoms with van der Waals surface area (Å²) in [5.74, 6) is 0.574.